The Bertz CT molecular complexity index is 1950. The number of nitrogens with zero attached hydrogens (tertiary/aromatic N) is 4. The third kappa shape index (κ3) is 5.55. The lowest BCUT2D eigenvalue weighted by Gasteiger charge is -2.30. The lowest BCUT2D eigenvalue weighted by molar-refractivity contribution is -0.143. The number of likely N-dealkylation sites (N-methyl/N-ethyl adjacent to an activating group) is 1. The van der Waals surface area contributed by atoms with Gasteiger partial charge in [0.05, 0.1) is 36.6 Å². The third-order valence-electron chi connectivity index (χ3n) is 7.74. The van der Waals surface area contributed by atoms with Crippen LogP contribution in [-0.4, -0.2) is 59.8 Å². The predicted octanol–water partition coefficient (Wildman–Crippen LogP) is 3.64. The first-order valence-corrected chi connectivity index (χ1v) is 15.3. The smallest absolute Gasteiger partial charge is 0.325 e. The molecule has 4 aromatic rings. The van der Waals surface area contributed by atoms with Gasteiger partial charge in [0.1, 0.15) is 24.1 Å². The first-order valence-electron chi connectivity index (χ1n) is 14.5. The van der Waals surface area contributed by atoms with Crippen LogP contribution in [0.15, 0.2) is 69.7 Å². The number of carbonyl (C=O) groups excluding carboxylic acids is 2. The van der Waals surface area contributed by atoms with Crippen molar-refractivity contribution in [3.05, 3.63) is 90.7 Å². The average molecular weight is 617 g/mol. The molecule has 11 heteroatoms. The minimum absolute atomic E-state index is 0.0507. The Morgan fingerprint density at radius 1 is 1.07 bits per heavy atom. The predicted molar refractivity (Wildman–Crippen MR) is 170 cm³/mol. The molecule has 230 valence electrons. The standard InChI is InChI=1S/C33H36N4O6S/c1-7-35(8-2)32(40)29-20(4)34-33-37(30(29)24-17-22(41-5)14-15-26(24)42-6)31(39)27(44-33)16-21-18-36(19-28(38)43-9-3)25-13-11-10-12-23(21)25/h10-18,30H,7-9,19H2,1-6H3/b27-16+/t30-/m1/s1. The number of ether oxygens (including phenoxy) is 3. The fraction of sp³-hybridized carbons (Fsp3) is 0.333. The Morgan fingerprint density at radius 2 is 1.82 bits per heavy atom. The molecule has 0 saturated heterocycles. The number of hydrogen-bond donors (Lipinski definition) is 0. The summed E-state index contributed by atoms with van der Waals surface area (Å²) in [5, 5.41) is 0.891. The van der Waals surface area contributed by atoms with Crippen LogP contribution >= 0.6 is 11.3 Å². The largest absolute Gasteiger partial charge is 0.497 e. The highest BCUT2D eigenvalue weighted by atomic mass is 32.1. The van der Waals surface area contributed by atoms with Crippen LogP contribution in [0.2, 0.25) is 0 Å². The van der Waals surface area contributed by atoms with Gasteiger partial charge in [0.25, 0.3) is 11.5 Å². The quantitative estimate of drug-likeness (QED) is 0.252. The number of para-hydroxylation sites is 1. The number of aromatic nitrogens is 2. The van der Waals surface area contributed by atoms with E-state index in [4.69, 9.17) is 19.2 Å². The Kier molecular flexibility index (Phi) is 9.05. The van der Waals surface area contributed by atoms with Gasteiger partial charge in [-0.25, -0.2) is 4.99 Å². The van der Waals surface area contributed by atoms with Gasteiger partial charge in [-0.05, 0) is 58.0 Å². The van der Waals surface area contributed by atoms with Crippen LogP contribution in [-0.2, 0) is 20.9 Å². The molecular formula is C33H36N4O6S. The van der Waals surface area contributed by atoms with Crippen LogP contribution in [0.4, 0.5) is 0 Å². The Balaban J connectivity index is 1.75. The maximum absolute atomic E-state index is 14.3. The zero-order chi connectivity index (χ0) is 31.5. The number of allylic oxidation sites excluding steroid dienone is 1. The molecule has 0 N–H and O–H groups in total. The van der Waals surface area contributed by atoms with Gasteiger partial charge in [-0.2, -0.15) is 0 Å². The summed E-state index contributed by atoms with van der Waals surface area (Å²) in [5.41, 5.74) is 2.90. The number of carbonyl (C=O) groups is 2. The maximum atomic E-state index is 14.3. The van der Waals surface area contributed by atoms with E-state index in [0.29, 0.717) is 57.4 Å². The molecule has 10 nitrogen and oxygen atoms in total. The van der Waals surface area contributed by atoms with Gasteiger partial charge in [0.2, 0.25) is 0 Å². The number of hydrogen-bond acceptors (Lipinski definition) is 8. The van der Waals surface area contributed by atoms with Crippen molar-refractivity contribution in [1.82, 2.24) is 14.0 Å². The Hall–Kier alpha value is -4.64. The van der Waals surface area contributed by atoms with Crippen LogP contribution in [0, 0.1) is 0 Å². The van der Waals surface area contributed by atoms with Gasteiger partial charge >= 0.3 is 5.97 Å². The van der Waals surface area contributed by atoms with E-state index < -0.39 is 6.04 Å². The summed E-state index contributed by atoms with van der Waals surface area (Å²) in [5.74, 6) is 0.559. The number of esters is 1. The summed E-state index contributed by atoms with van der Waals surface area (Å²) in [4.78, 5) is 47.6. The molecule has 5 rings (SSSR count). The molecule has 2 aromatic heterocycles. The summed E-state index contributed by atoms with van der Waals surface area (Å²) in [6.45, 7) is 8.78. The summed E-state index contributed by atoms with van der Waals surface area (Å²) in [7, 11) is 3.13. The normalized spacial score (nSPS) is 14.8. The minimum atomic E-state index is -0.795. The second-order valence-corrected chi connectivity index (χ2v) is 11.2. The molecule has 0 spiro atoms. The molecular weight excluding hydrogens is 580 g/mol. The molecule has 1 atom stereocenters. The van der Waals surface area contributed by atoms with Crippen LogP contribution in [0.5, 0.6) is 11.5 Å². The van der Waals surface area contributed by atoms with Crippen molar-refractivity contribution in [3.63, 3.8) is 0 Å². The molecule has 1 aliphatic heterocycles. The second kappa shape index (κ2) is 12.9. The van der Waals surface area contributed by atoms with E-state index in [1.54, 1.807) is 55.7 Å². The van der Waals surface area contributed by atoms with E-state index in [-0.39, 0.29) is 24.0 Å². The third-order valence-corrected chi connectivity index (χ3v) is 8.73. The molecule has 0 fully saturated rings. The first-order chi connectivity index (χ1) is 21.3. The van der Waals surface area contributed by atoms with Crippen molar-refractivity contribution in [2.24, 2.45) is 4.99 Å². The van der Waals surface area contributed by atoms with E-state index >= 15 is 0 Å². The molecule has 0 aliphatic carbocycles. The topological polar surface area (TPSA) is 104 Å². The van der Waals surface area contributed by atoms with Crippen LogP contribution in [0.1, 0.15) is 44.9 Å². The lowest BCUT2D eigenvalue weighted by atomic mass is 9.93. The number of benzene rings is 2. The first kappa shape index (κ1) is 30.8. The highest BCUT2D eigenvalue weighted by molar-refractivity contribution is 7.07. The molecule has 2 aromatic carbocycles. The van der Waals surface area contributed by atoms with E-state index in [0.717, 1.165) is 16.5 Å². The van der Waals surface area contributed by atoms with Crippen LogP contribution in [0.3, 0.4) is 0 Å². The van der Waals surface area contributed by atoms with E-state index in [1.165, 1.54) is 11.3 Å². The number of methoxy groups -OCH3 is 2. The van der Waals surface area contributed by atoms with Crippen molar-refractivity contribution in [2.75, 3.05) is 33.9 Å². The fourth-order valence-corrected chi connectivity index (χ4v) is 6.67. The maximum Gasteiger partial charge on any atom is 0.325 e. The lowest BCUT2D eigenvalue weighted by Crippen LogP contribution is -2.43. The summed E-state index contributed by atoms with van der Waals surface area (Å²) in [6, 6.07) is 12.3. The van der Waals surface area contributed by atoms with Crippen molar-refractivity contribution in [2.45, 2.75) is 40.3 Å². The van der Waals surface area contributed by atoms with Gasteiger partial charge in [-0.1, -0.05) is 29.5 Å². The van der Waals surface area contributed by atoms with Gasteiger partial charge in [0, 0.05) is 41.3 Å². The molecule has 0 unspecified atom stereocenters. The molecule has 1 amide bonds. The molecule has 3 heterocycles. The fourth-order valence-electron chi connectivity index (χ4n) is 5.63. The number of fused-ring (bicyclic) bond motifs is 2. The SMILES string of the molecule is CCOC(=O)Cn1cc(/C=c2/sc3n(c2=O)[C@H](c2cc(OC)ccc2OC)C(C(=O)N(CC)CC)=C(C)N=3)c2ccccc21. The summed E-state index contributed by atoms with van der Waals surface area (Å²) >= 11 is 1.25. The minimum Gasteiger partial charge on any atom is -0.497 e. The van der Waals surface area contributed by atoms with Crippen molar-refractivity contribution < 1.29 is 23.8 Å². The molecule has 44 heavy (non-hydrogen) atoms. The number of thiazole rings is 1. The van der Waals surface area contributed by atoms with Gasteiger partial charge in [-0.15, -0.1) is 0 Å². The zero-order valence-electron chi connectivity index (χ0n) is 25.7. The van der Waals surface area contributed by atoms with Gasteiger partial charge < -0.3 is 23.7 Å². The number of rotatable bonds is 10. The monoisotopic (exact) mass is 616 g/mol. The van der Waals surface area contributed by atoms with E-state index in [9.17, 15) is 14.4 Å². The molecule has 0 bridgehead atoms. The molecule has 0 radical (unpaired) electrons. The molecule has 1 aliphatic rings. The Labute approximate surface area is 259 Å². The van der Waals surface area contributed by atoms with Crippen LogP contribution < -0.4 is 24.4 Å². The summed E-state index contributed by atoms with van der Waals surface area (Å²) < 4.78 is 20.3. The highest BCUT2D eigenvalue weighted by Gasteiger charge is 2.36. The van der Waals surface area contributed by atoms with Gasteiger partial charge in [-0.3, -0.25) is 19.0 Å². The highest BCUT2D eigenvalue weighted by Crippen LogP contribution is 2.38. The second-order valence-electron chi connectivity index (χ2n) is 10.2. The van der Waals surface area contributed by atoms with Gasteiger partial charge in [0.15, 0.2) is 4.80 Å². The summed E-state index contributed by atoms with van der Waals surface area (Å²) in [6.07, 6.45) is 3.67. The van der Waals surface area contributed by atoms with Crippen molar-refractivity contribution >= 4 is 40.2 Å². The molecule has 0 saturated carbocycles. The van der Waals surface area contributed by atoms with E-state index in [2.05, 4.69) is 0 Å². The number of amides is 1. The van der Waals surface area contributed by atoms with Crippen LogP contribution in [0.25, 0.3) is 17.0 Å². The van der Waals surface area contributed by atoms with Crippen molar-refractivity contribution in [3.8, 4) is 11.5 Å². The Morgan fingerprint density at radius 3 is 2.50 bits per heavy atom. The average Bonchev–Trinajstić information content (AvgIpc) is 3.52. The van der Waals surface area contributed by atoms with Crippen molar-refractivity contribution in [1.29, 1.82) is 0 Å². The van der Waals surface area contributed by atoms with E-state index in [1.807, 2.05) is 55.0 Å². The zero-order valence-corrected chi connectivity index (χ0v) is 26.6.